The maximum atomic E-state index is 12.8. The van der Waals surface area contributed by atoms with Crippen molar-refractivity contribution >= 4 is 0 Å². The van der Waals surface area contributed by atoms with E-state index in [1.165, 1.54) is 35.4 Å². The van der Waals surface area contributed by atoms with Gasteiger partial charge < -0.3 is 4.74 Å². The maximum Gasteiger partial charge on any atom is 0.184 e. The van der Waals surface area contributed by atoms with Crippen molar-refractivity contribution < 1.29 is 9.13 Å². The average molecular weight is 269 g/mol. The summed E-state index contributed by atoms with van der Waals surface area (Å²) in [5, 5.41) is 9.14. The van der Waals surface area contributed by atoms with E-state index < -0.39 is 6.10 Å². The lowest BCUT2D eigenvalue weighted by Gasteiger charge is -2.13. The summed E-state index contributed by atoms with van der Waals surface area (Å²) in [7, 11) is 0. The Morgan fingerprint density at radius 3 is 2.50 bits per heavy atom. The van der Waals surface area contributed by atoms with Gasteiger partial charge in [-0.1, -0.05) is 24.3 Å². The highest BCUT2D eigenvalue weighted by Crippen LogP contribution is 2.16. The van der Waals surface area contributed by atoms with Gasteiger partial charge >= 0.3 is 0 Å². The van der Waals surface area contributed by atoms with Gasteiger partial charge in [-0.15, -0.1) is 0 Å². The molecule has 2 aromatic carbocycles. The second-order valence-electron chi connectivity index (χ2n) is 4.65. The van der Waals surface area contributed by atoms with Gasteiger partial charge in [-0.05, 0) is 48.7 Å². The quantitative estimate of drug-likeness (QED) is 0.820. The third-order valence-corrected chi connectivity index (χ3v) is 3.17. The molecule has 0 aromatic heterocycles. The third-order valence-electron chi connectivity index (χ3n) is 3.17. The number of halogens is 1. The number of rotatable bonds is 5. The highest BCUT2D eigenvalue weighted by molar-refractivity contribution is 5.26. The van der Waals surface area contributed by atoms with E-state index in [0.29, 0.717) is 12.2 Å². The topological polar surface area (TPSA) is 33.0 Å². The van der Waals surface area contributed by atoms with E-state index in [4.69, 9.17) is 10.00 Å². The number of hydrogen-bond acceptors (Lipinski definition) is 2. The first-order valence-electron chi connectivity index (χ1n) is 6.55. The number of aryl methyl sites for hydroxylation is 2. The van der Waals surface area contributed by atoms with Gasteiger partial charge in [0.2, 0.25) is 0 Å². The minimum atomic E-state index is -0.528. The lowest BCUT2D eigenvalue weighted by atomic mass is 10.0. The summed E-state index contributed by atoms with van der Waals surface area (Å²) in [6.45, 7) is 2.05. The van der Waals surface area contributed by atoms with Crippen LogP contribution in [0.2, 0.25) is 0 Å². The zero-order valence-corrected chi connectivity index (χ0v) is 11.3. The van der Waals surface area contributed by atoms with Crippen LogP contribution in [0.4, 0.5) is 4.39 Å². The smallest absolute Gasteiger partial charge is 0.184 e. The molecule has 0 heterocycles. The molecule has 0 amide bonds. The van der Waals surface area contributed by atoms with Gasteiger partial charge in [0.05, 0.1) is 0 Å². The molecule has 1 atom stereocenters. The van der Waals surface area contributed by atoms with Crippen molar-refractivity contribution in [1.29, 1.82) is 5.26 Å². The van der Waals surface area contributed by atoms with E-state index in [2.05, 4.69) is 25.1 Å². The van der Waals surface area contributed by atoms with Crippen LogP contribution >= 0.6 is 0 Å². The van der Waals surface area contributed by atoms with Gasteiger partial charge in [-0.25, -0.2) is 4.39 Å². The van der Waals surface area contributed by atoms with E-state index in [1.807, 2.05) is 12.1 Å². The molecule has 0 saturated heterocycles. The molecule has 102 valence electrons. The minimum absolute atomic E-state index is 0.314. The second-order valence-corrected chi connectivity index (χ2v) is 4.65. The van der Waals surface area contributed by atoms with E-state index in [-0.39, 0.29) is 5.82 Å². The number of nitriles is 1. The molecule has 2 aromatic rings. The fourth-order valence-corrected chi connectivity index (χ4v) is 2.00. The predicted molar refractivity (Wildman–Crippen MR) is 75.9 cm³/mol. The molecule has 1 unspecified atom stereocenters. The standard InChI is InChI=1S/C17H16FNO/c1-13-4-2-3-5-14(13)6-9-17(12-19)20-16-10-7-15(18)8-11-16/h2-5,7-8,10-11,17H,6,9H2,1H3. The highest BCUT2D eigenvalue weighted by Gasteiger charge is 2.10. The van der Waals surface area contributed by atoms with Crippen LogP contribution in [0.1, 0.15) is 17.5 Å². The van der Waals surface area contributed by atoms with Crippen LogP contribution in [0.3, 0.4) is 0 Å². The number of hydrogen-bond donors (Lipinski definition) is 0. The Bertz CT molecular complexity index is 601. The zero-order chi connectivity index (χ0) is 14.4. The number of nitrogens with zero attached hydrogens (tertiary/aromatic N) is 1. The third kappa shape index (κ3) is 3.83. The van der Waals surface area contributed by atoms with Crippen molar-refractivity contribution in [1.82, 2.24) is 0 Å². The minimum Gasteiger partial charge on any atom is -0.476 e. The molecular weight excluding hydrogens is 253 g/mol. The molecule has 0 spiro atoms. The molecule has 0 bridgehead atoms. The fraction of sp³-hybridized carbons (Fsp3) is 0.235. The Hall–Kier alpha value is -2.34. The van der Waals surface area contributed by atoms with Gasteiger partial charge in [0.15, 0.2) is 6.10 Å². The normalized spacial score (nSPS) is 11.7. The molecule has 0 saturated carbocycles. The predicted octanol–water partition coefficient (Wildman–Crippen LogP) is 4.04. The van der Waals surface area contributed by atoms with Crippen LogP contribution in [0.25, 0.3) is 0 Å². The molecular formula is C17H16FNO. The van der Waals surface area contributed by atoms with E-state index >= 15 is 0 Å². The molecule has 0 aliphatic carbocycles. The van der Waals surface area contributed by atoms with Crippen molar-refractivity contribution in [2.24, 2.45) is 0 Å². The van der Waals surface area contributed by atoms with Crippen LogP contribution in [-0.2, 0) is 6.42 Å². The molecule has 0 fully saturated rings. The van der Waals surface area contributed by atoms with E-state index in [1.54, 1.807) is 0 Å². The SMILES string of the molecule is Cc1ccccc1CCC(C#N)Oc1ccc(F)cc1. The average Bonchev–Trinajstić information content (AvgIpc) is 2.47. The van der Waals surface area contributed by atoms with E-state index in [0.717, 1.165) is 6.42 Å². The van der Waals surface area contributed by atoms with Gasteiger partial charge in [0.1, 0.15) is 17.6 Å². The Morgan fingerprint density at radius 1 is 1.15 bits per heavy atom. The van der Waals surface area contributed by atoms with Gasteiger partial charge in [-0.2, -0.15) is 5.26 Å². The Balaban J connectivity index is 1.95. The van der Waals surface area contributed by atoms with Crippen molar-refractivity contribution in [3.05, 3.63) is 65.5 Å². The first kappa shape index (κ1) is 14.1. The van der Waals surface area contributed by atoms with Crippen LogP contribution < -0.4 is 4.74 Å². The summed E-state index contributed by atoms with van der Waals surface area (Å²) in [5.41, 5.74) is 2.43. The summed E-state index contributed by atoms with van der Waals surface area (Å²) >= 11 is 0. The Morgan fingerprint density at radius 2 is 1.85 bits per heavy atom. The molecule has 2 nitrogen and oxygen atoms in total. The highest BCUT2D eigenvalue weighted by atomic mass is 19.1. The molecule has 3 heteroatoms. The van der Waals surface area contributed by atoms with E-state index in [9.17, 15) is 4.39 Å². The van der Waals surface area contributed by atoms with Crippen LogP contribution in [0.15, 0.2) is 48.5 Å². The summed E-state index contributed by atoms with van der Waals surface area (Å²) < 4.78 is 18.4. The van der Waals surface area contributed by atoms with Gasteiger partial charge in [0.25, 0.3) is 0 Å². The van der Waals surface area contributed by atoms with Crippen LogP contribution in [0.5, 0.6) is 5.75 Å². The second kappa shape index (κ2) is 6.72. The first-order chi connectivity index (χ1) is 9.69. The van der Waals surface area contributed by atoms with Crippen LogP contribution in [-0.4, -0.2) is 6.10 Å². The zero-order valence-electron chi connectivity index (χ0n) is 11.3. The lowest BCUT2D eigenvalue weighted by molar-refractivity contribution is 0.245. The number of benzene rings is 2. The molecule has 0 aliphatic heterocycles. The molecule has 2 rings (SSSR count). The largest absolute Gasteiger partial charge is 0.476 e. The lowest BCUT2D eigenvalue weighted by Crippen LogP contribution is -2.15. The fourth-order valence-electron chi connectivity index (χ4n) is 2.00. The molecule has 20 heavy (non-hydrogen) atoms. The van der Waals surface area contributed by atoms with Crippen molar-refractivity contribution in [3.8, 4) is 11.8 Å². The van der Waals surface area contributed by atoms with Gasteiger partial charge in [-0.3, -0.25) is 0 Å². The maximum absolute atomic E-state index is 12.8. The molecule has 0 radical (unpaired) electrons. The van der Waals surface area contributed by atoms with Crippen LogP contribution in [0, 0.1) is 24.1 Å². The summed E-state index contributed by atoms with van der Waals surface area (Å²) in [5.74, 6) is 0.202. The summed E-state index contributed by atoms with van der Waals surface area (Å²) in [4.78, 5) is 0. The molecule has 0 N–H and O–H groups in total. The number of ether oxygens (including phenoxy) is 1. The monoisotopic (exact) mass is 269 g/mol. The summed E-state index contributed by atoms with van der Waals surface area (Å²) in [6.07, 6.45) is 0.866. The summed E-state index contributed by atoms with van der Waals surface area (Å²) in [6, 6.07) is 16.0. The van der Waals surface area contributed by atoms with Crippen molar-refractivity contribution in [3.63, 3.8) is 0 Å². The molecule has 0 aliphatic rings. The van der Waals surface area contributed by atoms with Crippen molar-refractivity contribution in [2.45, 2.75) is 25.9 Å². The van der Waals surface area contributed by atoms with Crippen molar-refractivity contribution in [2.75, 3.05) is 0 Å². The van der Waals surface area contributed by atoms with Gasteiger partial charge in [0, 0.05) is 6.42 Å². The Labute approximate surface area is 118 Å². The first-order valence-corrected chi connectivity index (χ1v) is 6.55. The Kier molecular flexibility index (Phi) is 4.73.